The molecule has 0 radical (unpaired) electrons. The molecule has 0 saturated heterocycles. The van der Waals surface area contributed by atoms with Crippen molar-refractivity contribution in [2.45, 2.75) is 25.7 Å². The third kappa shape index (κ3) is 4.30. The molecule has 0 bridgehead atoms. The van der Waals surface area contributed by atoms with Crippen molar-refractivity contribution in [2.24, 2.45) is 5.73 Å². The van der Waals surface area contributed by atoms with Crippen LogP contribution in [-0.4, -0.2) is 17.8 Å². The molecule has 1 aromatic heterocycles. The fraction of sp³-hybridized carbons (Fsp3) is 0.625. The van der Waals surface area contributed by atoms with E-state index in [1.807, 2.05) is 0 Å². The third-order valence-electron chi connectivity index (χ3n) is 1.47. The van der Waals surface area contributed by atoms with E-state index in [0.717, 1.165) is 0 Å². The minimum absolute atomic E-state index is 0.228. The number of hydrogen-bond donors (Lipinski definition) is 1. The summed E-state index contributed by atoms with van der Waals surface area (Å²) >= 11 is 0. The Morgan fingerprint density at radius 2 is 2.27 bits per heavy atom. The average Bonchev–Trinajstić information content (AvgIpc) is 2.50. The Morgan fingerprint density at radius 3 is 2.73 bits per heavy atom. The Morgan fingerprint density at radius 1 is 1.60 bits per heavy atom. The molecule has 0 amide bonds. The number of aromatic nitrogens is 1. The van der Waals surface area contributed by atoms with Crippen LogP contribution in [-0.2, 0) is 11.3 Å². The standard InChI is InChI=1S/C8H11F3N2O2/c1-5(12)7-13-2-6(15-7)3-14-4-8(9,10)11/h2,5H,3-4,12H2,1H3. The maximum Gasteiger partial charge on any atom is 0.411 e. The van der Waals surface area contributed by atoms with E-state index in [-0.39, 0.29) is 24.3 Å². The van der Waals surface area contributed by atoms with Crippen LogP contribution in [0.1, 0.15) is 24.6 Å². The van der Waals surface area contributed by atoms with Gasteiger partial charge in [0.2, 0.25) is 5.89 Å². The van der Waals surface area contributed by atoms with Crippen molar-refractivity contribution in [3.8, 4) is 0 Å². The summed E-state index contributed by atoms with van der Waals surface area (Å²) in [7, 11) is 0. The second-order valence-electron chi connectivity index (χ2n) is 3.06. The fourth-order valence-corrected chi connectivity index (χ4v) is 0.867. The van der Waals surface area contributed by atoms with Crippen molar-refractivity contribution < 1.29 is 22.3 Å². The molecule has 1 atom stereocenters. The fourth-order valence-electron chi connectivity index (χ4n) is 0.867. The van der Waals surface area contributed by atoms with Crippen molar-refractivity contribution in [3.63, 3.8) is 0 Å². The van der Waals surface area contributed by atoms with Gasteiger partial charge in [0.1, 0.15) is 19.0 Å². The lowest BCUT2D eigenvalue weighted by molar-refractivity contribution is -0.177. The zero-order valence-corrected chi connectivity index (χ0v) is 8.04. The van der Waals surface area contributed by atoms with Gasteiger partial charge in [0.05, 0.1) is 12.2 Å². The topological polar surface area (TPSA) is 61.3 Å². The van der Waals surface area contributed by atoms with Gasteiger partial charge in [-0.25, -0.2) is 4.98 Å². The van der Waals surface area contributed by atoms with Crippen LogP contribution in [0, 0.1) is 0 Å². The van der Waals surface area contributed by atoms with E-state index in [0.29, 0.717) is 0 Å². The largest absolute Gasteiger partial charge is 0.442 e. The molecule has 4 nitrogen and oxygen atoms in total. The van der Waals surface area contributed by atoms with Crippen LogP contribution in [0.2, 0.25) is 0 Å². The molecule has 0 spiro atoms. The van der Waals surface area contributed by atoms with Crippen LogP contribution in [0.4, 0.5) is 13.2 Å². The van der Waals surface area contributed by atoms with Crippen molar-refractivity contribution in [1.82, 2.24) is 4.98 Å². The first-order chi connectivity index (χ1) is 6.88. The number of rotatable bonds is 4. The Balaban J connectivity index is 2.38. The lowest BCUT2D eigenvalue weighted by Gasteiger charge is -2.05. The van der Waals surface area contributed by atoms with E-state index in [1.54, 1.807) is 6.92 Å². The molecule has 86 valence electrons. The third-order valence-corrected chi connectivity index (χ3v) is 1.47. The van der Waals surface area contributed by atoms with Crippen LogP contribution in [0.5, 0.6) is 0 Å². The van der Waals surface area contributed by atoms with Crippen molar-refractivity contribution in [2.75, 3.05) is 6.61 Å². The number of ether oxygens (including phenoxy) is 1. The summed E-state index contributed by atoms with van der Waals surface area (Å²) in [5.41, 5.74) is 5.45. The quantitative estimate of drug-likeness (QED) is 0.846. The molecule has 1 heterocycles. The highest BCUT2D eigenvalue weighted by Gasteiger charge is 2.27. The molecule has 7 heteroatoms. The highest BCUT2D eigenvalue weighted by Crippen LogP contribution is 2.16. The minimum atomic E-state index is -4.33. The highest BCUT2D eigenvalue weighted by molar-refractivity contribution is 4.95. The minimum Gasteiger partial charge on any atom is -0.442 e. The summed E-state index contributed by atoms with van der Waals surface area (Å²) in [4.78, 5) is 3.78. The zero-order chi connectivity index (χ0) is 11.5. The number of halogens is 3. The maximum atomic E-state index is 11.7. The molecule has 1 aromatic rings. The Hall–Kier alpha value is -1.08. The summed E-state index contributed by atoms with van der Waals surface area (Å²) < 4.78 is 44.5. The van der Waals surface area contributed by atoms with Gasteiger partial charge in [-0.3, -0.25) is 0 Å². The molecule has 0 aliphatic heterocycles. The van der Waals surface area contributed by atoms with Gasteiger partial charge in [0.15, 0.2) is 0 Å². The molecular formula is C8H11F3N2O2. The zero-order valence-electron chi connectivity index (χ0n) is 8.04. The predicted molar refractivity (Wildman–Crippen MR) is 44.8 cm³/mol. The summed E-state index contributed by atoms with van der Waals surface area (Å²) in [5.74, 6) is 0.507. The number of nitrogens with zero attached hydrogens (tertiary/aromatic N) is 1. The molecular weight excluding hydrogens is 213 g/mol. The first kappa shape index (κ1) is 12.0. The van der Waals surface area contributed by atoms with Crippen LogP contribution in [0.25, 0.3) is 0 Å². The number of nitrogens with two attached hydrogens (primary N) is 1. The second-order valence-corrected chi connectivity index (χ2v) is 3.06. The smallest absolute Gasteiger partial charge is 0.411 e. The Bertz CT molecular complexity index is 309. The first-order valence-corrected chi connectivity index (χ1v) is 4.23. The lowest BCUT2D eigenvalue weighted by atomic mass is 10.4. The van der Waals surface area contributed by atoms with Gasteiger partial charge in [0, 0.05) is 0 Å². The summed E-state index contributed by atoms with van der Waals surface area (Å²) in [5, 5.41) is 0. The van der Waals surface area contributed by atoms with E-state index in [2.05, 4.69) is 9.72 Å². The van der Waals surface area contributed by atoms with E-state index < -0.39 is 12.8 Å². The molecule has 15 heavy (non-hydrogen) atoms. The van der Waals surface area contributed by atoms with Gasteiger partial charge < -0.3 is 14.9 Å². The Kier molecular flexibility index (Phi) is 3.70. The molecule has 1 unspecified atom stereocenters. The second kappa shape index (κ2) is 4.63. The monoisotopic (exact) mass is 224 g/mol. The molecule has 0 aliphatic carbocycles. The molecule has 0 aliphatic rings. The number of hydrogen-bond acceptors (Lipinski definition) is 4. The lowest BCUT2D eigenvalue weighted by Crippen LogP contribution is -2.16. The number of oxazole rings is 1. The average molecular weight is 224 g/mol. The van der Waals surface area contributed by atoms with Gasteiger partial charge in [-0.15, -0.1) is 0 Å². The molecule has 0 fully saturated rings. The van der Waals surface area contributed by atoms with Crippen LogP contribution in [0.3, 0.4) is 0 Å². The highest BCUT2D eigenvalue weighted by atomic mass is 19.4. The van der Waals surface area contributed by atoms with Gasteiger partial charge in [-0.2, -0.15) is 13.2 Å². The van der Waals surface area contributed by atoms with Crippen molar-refractivity contribution in [3.05, 3.63) is 17.8 Å². The summed E-state index contributed by atoms with van der Waals surface area (Å²) in [6, 6.07) is -0.388. The van der Waals surface area contributed by atoms with Gasteiger partial charge in [-0.1, -0.05) is 0 Å². The van der Waals surface area contributed by atoms with Crippen molar-refractivity contribution >= 4 is 0 Å². The maximum absolute atomic E-state index is 11.7. The molecule has 2 N–H and O–H groups in total. The van der Waals surface area contributed by atoms with E-state index in [4.69, 9.17) is 10.2 Å². The van der Waals surface area contributed by atoms with Gasteiger partial charge >= 0.3 is 6.18 Å². The summed E-state index contributed by atoms with van der Waals surface area (Å²) in [6.45, 7) is 0.0899. The van der Waals surface area contributed by atoms with Crippen LogP contribution in [0.15, 0.2) is 10.6 Å². The van der Waals surface area contributed by atoms with Crippen LogP contribution >= 0.6 is 0 Å². The SMILES string of the molecule is CC(N)c1ncc(COCC(F)(F)F)o1. The van der Waals surface area contributed by atoms with E-state index in [1.165, 1.54) is 6.20 Å². The summed E-state index contributed by atoms with van der Waals surface area (Å²) in [6.07, 6.45) is -3.03. The molecule has 0 saturated carbocycles. The molecule has 0 aromatic carbocycles. The molecule has 1 rings (SSSR count). The number of alkyl halides is 3. The Labute approximate surface area is 84.2 Å². The van der Waals surface area contributed by atoms with Crippen LogP contribution < -0.4 is 5.73 Å². The first-order valence-electron chi connectivity index (χ1n) is 4.23. The van der Waals surface area contributed by atoms with Crippen molar-refractivity contribution in [1.29, 1.82) is 0 Å². The van der Waals surface area contributed by atoms with Gasteiger partial charge in [-0.05, 0) is 6.92 Å². The normalized spacial score (nSPS) is 14.2. The van der Waals surface area contributed by atoms with Gasteiger partial charge in [0.25, 0.3) is 0 Å². The van der Waals surface area contributed by atoms with E-state index in [9.17, 15) is 13.2 Å². The van der Waals surface area contributed by atoms with E-state index >= 15 is 0 Å². The predicted octanol–water partition coefficient (Wildman–Crippen LogP) is 1.77.